The number of nitrogens with zero attached hydrogens (tertiary/aromatic N) is 6. The largest absolute Gasteiger partial charge is 0.382 e. The Morgan fingerprint density at radius 2 is 1.14 bits per heavy atom. The van der Waals surface area contributed by atoms with Gasteiger partial charge in [0.25, 0.3) is 0 Å². The fraction of sp³-hybridized carbons (Fsp3) is 0.850. The highest BCUT2D eigenvalue weighted by atomic mass is 16.5. The number of rotatable bonds is 10. The van der Waals surface area contributed by atoms with Crippen molar-refractivity contribution in [1.82, 2.24) is 29.8 Å². The number of methoxy groups -OCH3 is 2. The second kappa shape index (κ2) is 10.7. The monoisotopic (exact) mass is 536 g/mol. The van der Waals surface area contributed by atoms with Crippen LogP contribution in [0.2, 0.25) is 0 Å². The van der Waals surface area contributed by atoms with Gasteiger partial charge in [0, 0.05) is 27.3 Å². The fourth-order valence-corrected chi connectivity index (χ4v) is 4.30. The lowest BCUT2D eigenvalue weighted by Crippen LogP contribution is -2.60. The van der Waals surface area contributed by atoms with E-state index in [4.69, 9.17) is 9.47 Å². The lowest BCUT2D eigenvalue weighted by molar-refractivity contribution is -0.233. The van der Waals surface area contributed by atoms with E-state index in [0.29, 0.717) is 10.0 Å². The summed E-state index contributed by atoms with van der Waals surface area (Å²) in [6, 6.07) is -3.54. The van der Waals surface area contributed by atoms with Gasteiger partial charge in [-0.25, -0.2) is 14.4 Å². The van der Waals surface area contributed by atoms with Crippen LogP contribution in [0.15, 0.2) is 0 Å². The third-order valence-electron chi connectivity index (χ3n) is 6.89. The van der Waals surface area contributed by atoms with E-state index in [9.17, 15) is 45.0 Å². The Morgan fingerprint density at radius 1 is 0.730 bits per heavy atom. The predicted octanol–water partition coefficient (Wildman–Crippen LogP) is -2.82. The molecule has 3 fully saturated rings. The minimum Gasteiger partial charge on any atom is -0.382 e. The summed E-state index contributed by atoms with van der Waals surface area (Å²) in [5, 5.41) is 65.2. The molecular formula is C20H36N6O11. The molecule has 17 nitrogen and oxygen atoms in total. The Kier molecular flexibility index (Phi) is 8.40. The van der Waals surface area contributed by atoms with Crippen LogP contribution in [0.3, 0.4) is 0 Å². The van der Waals surface area contributed by atoms with Gasteiger partial charge in [-0.1, -0.05) is 0 Å². The Balaban J connectivity index is 1.87. The van der Waals surface area contributed by atoms with E-state index >= 15 is 0 Å². The molecule has 0 aromatic heterocycles. The van der Waals surface area contributed by atoms with Gasteiger partial charge in [-0.2, -0.15) is 20.0 Å². The third-order valence-corrected chi connectivity index (χ3v) is 6.89. The lowest BCUT2D eigenvalue weighted by atomic mass is 10.2. The highest BCUT2D eigenvalue weighted by molar-refractivity contribution is 5.87. The number of hydrogen-bond donors (Lipinski definition) is 6. The van der Waals surface area contributed by atoms with Gasteiger partial charge in [-0.15, -0.1) is 0 Å². The summed E-state index contributed by atoms with van der Waals surface area (Å²) in [4.78, 5) is 41.2. The van der Waals surface area contributed by atoms with Gasteiger partial charge in [0.05, 0.1) is 12.2 Å². The molecule has 8 atom stereocenters. The van der Waals surface area contributed by atoms with Crippen LogP contribution < -0.4 is 0 Å². The molecule has 6 amide bonds. The fourth-order valence-electron chi connectivity index (χ4n) is 4.30. The molecule has 212 valence electrons. The molecule has 3 rings (SSSR count). The summed E-state index contributed by atoms with van der Waals surface area (Å²) in [6.07, 6.45) is -9.98. The molecule has 3 aliphatic rings. The van der Waals surface area contributed by atoms with E-state index < -0.39 is 55.0 Å². The van der Waals surface area contributed by atoms with Crippen LogP contribution in [0, 0.1) is 0 Å². The maximum Gasteiger partial charge on any atom is 0.363 e. The third kappa shape index (κ3) is 4.76. The molecule has 3 heterocycles. The van der Waals surface area contributed by atoms with E-state index in [1.807, 2.05) is 0 Å². The SMILES string of the molecule is COC(C)CCN1C(=O)N(N2C(=O)N(N3C(=O)N(CCC(C)OC)C(O)C3O)C(C)(O)C2O)C(O)C1O. The van der Waals surface area contributed by atoms with Crippen molar-refractivity contribution in [3.8, 4) is 0 Å². The zero-order chi connectivity index (χ0) is 28.0. The summed E-state index contributed by atoms with van der Waals surface area (Å²) < 4.78 is 10.2. The average molecular weight is 537 g/mol. The molecule has 6 N–H and O–H groups in total. The van der Waals surface area contributed by atoms with Crippen molar-refractivity contribution in [2.45, 2.75) is 82.7 Å². The van der Waals surface area contributed by atoms with Crippen molar-refractivity contribution >= 4 is 18.1 Å². The van der Waals surface area contributed by atoms with Gasteiger partial charge >= 0.3 is 18.1 Å². The number of carbonyl (C=O) groups is 3. The predicted molar refractivity (Wildman–Crippen MR) is 120 cm³/mol. The molecule has 37 heavy (non-hydrogen) atoms. The number of carbonyl (C=O) groups excluding carboxylic acids is 3. The minimum absolute atomic E-state index is 0.0782. The molecule has 8 unspecified atom stereocenters. The summed E-state index contributed by atoms with van der Waals surface area (Å²) in [5.41, 5.74) is -2.63. The normalized spacial score (nSPS) is 34.5. The quantitative estimate of drug-likeness (QED) is 0.168. The van der Waals surface area contributed by atoms with E-state index in [-0.39, 0.29) is 48.2 Å². The summed E-state index contributed by atoms with van der Waals surface area (Å²) >= 11 is 0. The molecule has 0 spiro atoms. The molecular weight excluding hydrogens is 500 g/mol. The Bertz CT molecular complexity index is 880. The van der Waals surface area contributed by atoms with Gasteiger partial charge in [-0.05, 0) is 33.6 Å². The zero-order valence-corrected chi connectivity index (χ0v) is 21.3. The number of urea groups is 3. The van der Waals surface area contributed by atoms with Crippen LogP contribution in [0.1, 0.15) is 33.6 Å². The van der Waals surface area contributed by atoms with Crippen molar-refractivity contribution in [2.75, 3.05) is 27.3 Å². The number of amides is 6. The van der Waals surface area contributed by atoms with Gasteiger partial charge in [-0.3, -0.25) is 9.80 Å². The van der Waals surface area contributed by atoms with Crippen LogP contribution in [-0.2, 0) is 9.47 Å². The maximum absolute atomic E-state index is 13.4. The Labute approximate surface area is 213 Å². The smallest absolute Gasteiger partial charge is 0.363 e. The van der Waals surface area contributed by atoms with E-state index in [0.717, 1.165) is 16.7 Å². The molecule has 0 bridgehead atoms. The molecule has 0 aliphatic carbocycles. The van der Waals surface area contributed by atoms with Crippen LogP contribution in [0.25, 0.3) is 0 Å². The molecule has 17 heteroatoms. The Morgan fingerprint density at radius 3 is 1.57 bits per heavy atom. The molecule has 0 radical (unpaired) electrons. The topological polar surface area (TPSA) is 210 Å². The maximum atomic E-state index is 13.4. The number of hydrazine groups is 2. The number of aliphatic hydroxyl groups is 6. The van der Waals surface area contributed by atoms with Crippen molar-refractivity contribution < 1.29 is 54.5 Å². The first-order valence-corrected chi connectivity index (χ1v) is 11.7. The van der Waals surface area contributed by atoms with Crippen molar-refractivity contribution in [1.29, 1.82) is 0 Å². The molecule has 3 saturated heterocycles. The lowest BCUT2D eigenvalue weighted by Gasteiger charge is -2.36. The van der Waals surface area contributed by atoms with Crippen LogP contribution in [0.4, 0.5) is 14.4 Å². The molecule has 3 aliphatic heterocycles. The molecule has 0 aromatic rings. The standard InChI is InChI=1S/C20H36N6O11/c1-10(36-4)6-8-21-12(27)14(29)23(17(21)32)25-16(31)20(3,35)26(19(25)34)24-15(30)13(28)22(18(24)33)9-7-11(2)37-5/h10-16,27-31,35H,6-9H2,1-5H3. The van der Waals surface area contributed by atoms with Crippen molar-refractivity contribution in [2.24, 2.45) is 0 Å². The van der Waals surface area contributed by atoms with Gasteiger partial charge in [0.1, 0.15) is 0 Å². The molecule has 0 aromatic carbocycles. The minimum atomic E-state index is -2.63. The summed E-state index contributed by atoms with van der Waals surface area (Å²) in [5.74, 6) is 0. The summed E-state index contributed by atoms with van der Waals surface area (Å²) in [6.45, 7) is 4.21. The molecule has 0 saturated carbocycles. The second-order valence-corrected chi connectivity index (χ2v) is 9.37. The highest BCUT2D eigenvalue weighted by Crippen LogP contribution is 2.38. The number of hydrogen-bond acceptors (Lipinski definition) is 11. The zero-order valence-electron chi connectivity index (χ0n) is 21.3. The van der Waals surface area contributed by atoms with Gasteiger partial charge in [0.2, 0.25) is 12.0 Å². The average Bonchev–Trinajstić information content (AvgIpc) is 3.26. The van der Waals surface area contributed by atoms with E-state index in [1.165, 1.54) is 14.2 Å². The van der Waals surface area contributed by atoms with Crippen LogP contribution in [0.5, 0.6) is 0 Å². The van der Waals surface area contributed by atoms with E-state index in [1.54, 1.807) is 13.8 Å². The first-order valence-electron chi connectivity index (χ1n) is 11.7. The second-order valence-electron chi connectivity index (χ2n) is 9.37. The summed E-state index contributed by atoms with van der Waals surface area (Å²) in [7, 11) is 2.91. The number of ether oxygens (including phenoxy) is 2. The Hall–Kier alpha value is -2.51. The van der Waals surface area contributed by atoms with Crippen molar-refractivity contribution in [3.05, 3.63) is 0 Å². The van der Waals surface area contributed by atoms with Crippen LogP contribution >= 0.6 is 0 Å². The number of aliphatic hydroxyl groups excluding tert-OH is 5. The first kappa shape index (κ1) is 29.1. The van der Waals surface area contributed by atoms with Gasteiger partial charge < -0.3 is 40.1 Å². The highest BCUT2D eigenvalue weighted by Gasteiger charge is 2.65. The van der Waals surface area contributed by atoms with Crippen LogP contribution in [-0.4, -0.2) is 155 Å². The van der Waals surface area contributed by atoms with E-state index in [2.05, 4.69) is 0 Å². The first-order chi connectivity index (χ1) is 17.2. The van der Waals surface area contributed by atoms with Crippen molar-refractivity contribution in [3.63, 3.8) is 0 Å². The van der Waals surface area contributed by atoms with Gasteiger partial charge in [0.15, 0.2) is 24.9 Å².